The van der Waals surface area contributed by atoms with Gasteiger partial charge in [0.1, 0.15) is 5.75 Å². The number of halogens is 1. The maximum Gasteiger partial charge on any atom is 0.119 e. The van der Waals surface area contributed by atoms with Gasteiger partial charge >= 0.3 is 0 Å². The first kappa shape index (κ1) is 19.4. The largest absolute Gasteiger partial charge is 0.497 e. The van der Waals surface area contributed by atoms with Crippen LogP contribution in [0.2, 0.25) is 5.02 Å². The third-order valence-electron chi connectivity index (χ3n) is 4.51. The van der Waals surface area contributed by atoms with Crippen LogP contribution in [0.4, 0.5) is 0 Å². The Hall–Kier alpha value is -2.34. The third kappa shape index (κ3) is 4.50. The van der Waals surface area contributed by atoms with E-state index in [-0.39, 0.29) is 6.61 Å². The van der Waals surface area contributed by atoms with Gasteiger partial charge in [0.15, 0.2) is 0 Å². The number of likely N-dealkylation sites (N-methyl/N-ethyl adjacent to an activating group) is 1. The van der Waals surface area contributed by atoms with Crippen molar-refractivity contribution in [2.45, 2.75) is 13.5 Å². The van der Waals surface area contributed by atoms with Crippen LogP contribution in [0.25, 0.3) is 16.9 Å². The fourth-order valence-corrected chi connectivity index (χ4v) is 3.23. The number of nitrogens with zero attached hydrogens (tertiary/aromatic N) is 3. The molecule has 1 N–H and O–H groups in total. The molecular formula is C21H24ClN3O2. The second kappa shape index (κ2) is 9.04. The van der Waals surface area contributed by atoms with Gasteiger partial charge in [0.2, 0.25) is 0 Å². The summed E-state index contributed by atoms with van der Waals surface area (Å²) in [6.45, 7) is 4.36. The molecule has 0 radical (unpaired) electrons. The average Bonchev–Trinajstić information content (AvgIpc) is 3.11. The highest BCUT2D eigenvalue weighted by Gasteiger charge is 2.17. The quantitative estimate of drug-likeness (QED) is 0.636. The van der Waals surface area contributed by atoms with Gasteiger partial charge in [-0.25, -0.2) is 4.68 Å². The van der Waals surface area contributed by atoms with Crippen molar-refractivity contribution < 1.29 is 9.84 Å². The van der Waals surface area contributed by atoms with Crippen LogP contribution in [-0.2, 0) is 6.54 Å². The topological polar surface area (TPSA) is 50.5 Å². The van der Waals surface area contributed by atoms with Gasteiger partial charge in [0.05, 0.1) is 30.1 Å². The Morgan fingerprint density at radius 2 is 1.89 bits per heavy atom. The van der Waals surface area contributed by atoms with E-state index in [9.17, 15) is 5.11 Å². The summed E-state index contributed by atoms with van der Waals surface area (Å²) in [7, 11) is 1.65. The van der Waals surface area contributed by atoms with Gasteiger partial charge < -0.3 is 9.84 Å². The zero-order valence-electron chi connectivity index (χ0n) is 15.6. The van der Waals surface area contributed by atoms with Gasteiger partial charge in [-0.15, -0.1) is 0 Å². The molecule has 0 saturated carbocycles. The molecule has 0 spiro atoms. The number of hydrogen-bond acceptors (Lipinski definition) is 4. The van der Waals surface area contributed by atoms with E-state index in [0.717, 1.165) is 34.8 Å². The first-order valence-electron chi connectivity index (χ1n) is 8.97. The van der Waals surface area contributed by atoms with Gasteiger partial charge in [0, 0.05) is 30.4 Å². The highest BCUT2D eigenvalue weighted by Crippen LogP contribution is 2.30. The SMILES string of the molecule is CCN(CCO)Cc1cn(-c2ccc(OC)cc2)nc1-c1ccccc1Cl. The number of ether oxygens (including phenoxy) is 1. The lowest BCUT2D eigenvalue weighted by atomic mass is 10.1. The lowest BCUT2D eigenvalue weighted by molar-refractivity contribution is 0.197. The fourth-order valence-electron chi connectivity index (χ4n) is 3.00. The van der Waals surface area contributed by atoms with Crippen molar-refractivity contribution in [3.8, 4) is 22.7 Å². The summed E-state index contributed by atoms with van der Waals surface area (Å²) < 4.78 is 7.10. The van der Waals surface area contributed by atoms with Crippen molar-refractivity contribution in [3.05, 3.63) is 65.3 Å². The Kier molecular flexibility index (Phi) is 6.50. The van der Waals surface area contributed by atoms with Crippen LogP contribution in [0.5, 0.6) is 5.75 Å². The van der Waals surface area contributed by atoms with Crippen molar-refractivity contribution in [1.82, 2.24) is 14.7 Å². The first-order chi connectivity index (χ1) is 13.2. The Morgan fingerprint density at radius 1 is 1.15 bits per heavy atom. The number of aromatic nitrogens is 2. The van der Waals surface area contributed by atoms with Gasteiger partial charge in [-0.05, 0) is 36.9 Å². The molecule has 2 aromatic carbocycles. The van der Waals surface area contributed by atoms with Crippen LogP contribution in [0.1, 0.15) is 12.5 Å². The van der Waals surface area contributed by atoms with Gasteiger partial charge in [-0.2, -0.15) is 5.10 Å². The summed E-state index contributed by atoms with van der Waals surface area (Å²) in [5.41, 5.74) is 3.77. The Bertz CT molecular complexity index is 877. The lowest BCUT2D eigenvalue weighted by Crippen LogP contribution is -2.26. The lowest BCUT2D eigenvalue weighted by Gasteiger charge is -2.18. The highest BCUT2D eigenvalue weighted by molar-refractivity contribution is 6.33. The Morgan fingerprint density at radius 3 is 2.52 bits per heavy atom. The predicted octanol–water partition coefficient (Wildman–Crippen LogP) is 4.02. The van der Waals surface area contributed by atoms with Crippen LogP contribution < -0.4 is 4.74 Å². The molecule has 142 valence electrons. The van der Waals surface area contributed by atoms with E-state index in [4.69, 9.17) is 21.4 Å². The minimum Gasteiger partial charge on any atom is -0.497 e. The van der Waals surface area contributed by atoms with E-state index in [0.29, 0.717) is 18.1 Å². The molecule has 0 saturated heterocycles. The molecule has 0 aliphatic carbocycles. The van der Waals surface area contributed by atoms with Crippen LogP contribution in [0.3, 0.4) is 0 Å². The molecule has 0 amide bonds. The molecule has 0 aliphatic rings. The summed E-state index contributed by atoms with van der Waals surface area (Å²) in [5, 5.41) is 14.8. The van der Waals surface area contributed by atoms with E-state index in [1.807, 2.05) is 59.4 Å². The molecule has 0 aliphatic heterocycles. The Balaban J connectivity index is 2.03. The molecule has 0 unspecified atom stereocenters. The summed E-state index contributed by atoms with van der Waals surface area (Å²) in [4.78, 5) is 2.18. The molecule has 27 heavy (non-hydrogen) atoms. The van der Waals surface area contributed by atoms with Crippen molar-refractivity contribution in [2.75, 3.05) is 26.8 Å². The van der Waals surface area contributed by atoms with Crippen molar-refractivity contribution in [1.29, 1.82) is 0 Å². The Labute approximate surface area is 164 Å². The van der Waals surface area contributed by atoms with E-state index in [1.54, 1.807) is 7.11 Å². The third-order valence-corrected chi connectivity index (χ3v) is 4.84. The van der Waals surface area contributed by atoms with E-state index in [2.05, 4.69) is 11.8 Å². The zero-order valence-corrected chi connectivity index (χ0v) is 16.4. The molecule has 0 atom stereocenters. The summed E-state index contributed by atoms with van der Waals surface area (Å²) >= 11 is 6.44. The summed E-state index contributed by atoms with van der Waals surface area (Å²) in [6.07, 6.45) is 2.03. The monoisotopic (exact) mass is 385 g/mol. The number of aliphatic hydroxyl groups excluding tert-OH is 1. The minimum absolute atomic E-state index is 0.127. The fraction of sp³-hybridized carbons (Fsp3) is 0.286. The maximum absolute atomic E-state index is 9.31. The standard InChI is InChI=1S/C21H24ClN3O2/c1-3-24(12-13-26)14-16-15-25(17-8-10-18(27-2)11-9-17)23-21(16)19-6-4-5-7-20(19)22/h4-11,15,26H,3,12-14H2,1-2H3. The number of benzene rings is 2. The first-order valence-corrected chi connectivity index (χ1v) is 9.35. The van der Waals surface area contributed by atoms with Crippen LogP contribution in [0, 0.1) is 0 Å². The average molecular weight is 386 g/mol. The molecule has 6 heteroatoms. The van der Waals surface area contributed by atoms with Crippen molar-refractivity contribution >= 4 is 11.6 Å². The van der Waals surface area contributed by atoms with E-state index < -0.39 is 0 Å². The van der Waals surface area contributed by atoms with Crippen molar-refractivity contribution in [2.24, 2.45) is 0 Å². The van der Waals surface area contributed by atoms with Crippen LogP contribution in [0.15, 0.2) is 54.7 Å². The molecule has 3 aromatic rings. The zero-order chi connectivity index (χ0) is 19.2. The van der Waals surface area contributed by atoms with Crippen LogP contribution in [-0.4, -0.2) is 46.6 Å². The molecule has 1 heterocycles. The minimum atomic E-state index is 0.127. The van der Waals surface area contributed by atoms with Crippen molar-refractivity contribution in [3.63, 3.8) is 0 Å². The van der Waals surface area contributed by atoms with Crippen LogP contribution >= 0.6 is 11.6 Å². The number of hydrogen-bond donors (Lipinski definition) is 1. The number of aliphatic hydroxyl groups is 1. The second-order valence-corrected chi connectivity index (χ2v) is 6.62. The molecule has 1 aromatic heterocycles. The maximum atomic E-state index is 9.31. The summed E-state index contributed by atoms with van der Waals surface area (Å²) in [5.74, 6) is 0.803. The van der Waals surface area contributed by atoms with Gasteiger partial charge in [-0.3, -0.25) is 4.90 Å². The molecule has 0 bridgehead atoms. The van der Waals surface area contributed by atoms with Gasteiger partial charge in [-0.1, -0.05) is 36.7 Å². The number of methoxy groups -OCH3 is 1. The van der Waals surface area contributed by atoms with Gasteiger partial charge in [0.25, 0.3) is 0 Å². The van der Waals surface area contributed by atoms with E-state index >= 15 is 0 Å². The molecule has 5 nitrogen and oxygen atoms in total. The summed E-state index contributed by atoms with van der Waals surface area (Å²) in [6, 6.07) is 15.5. The molecular weight excluding hydrogens is 362 g/mol. The highest BCUT2D eigenvalue weighted by atomic mass is 35.5. The van der Waals surface area contributed by atoms with E-state index in [1.165, 1.54) is 0 Å². The smallest absolute Gasteiger partial charge is 0.119 e. The second-order valence-electron chi connectivity index (χ2n) is 6.22. The predicted molar refractivity (Wildman–Crippen MR) is 109 cm³/mol. The molecule has 3 rings (SSSR count). The normalized spacial score (nSPS) is 11.1. The number of rotatable bonds is 8. The molecule has 0 fully saturated rings.